The number of ether oxygens (including phenoxy) is 2. The smallest absolute Gasteiger partial charge is 0.409 e. The van der Waals surface area contributed by atoms with Crippen molar-refractivity contribution in [1.82, 2.24) is 20.9 Å². The Bertz CT molecular complexity index is 1070. The number of nitrogens with one attached hydrogen (secondary N) is 3. The molecule has 1 heterocycles. The molecule has 1 saturated heterocycles. The first-order chi connectivity index (χ1) is 21.2. The summed E-state index contributed by atoms with van der Waals surface area (Å²) in [5.41, 5.74) is 5.85. The van der Waals surface area contributed by atoms with E-state index in [9.17, 15) is 29.1 Å². The van der Waals surface area contributed by atoms with E-state index in [1.807, 2.05) is 0 Å². The number of aliphatic carboxylic acids is 1. The zero-order chi connectivity index (χ0) is 32.3. The Hall–Kier alpha value is -3.52. The first-order valence-corrected chi connectivity index (χ1v) is 15.8. The Morgan fingerprint density at radius 2 is 1.70 bits per heavy atom. The van der Waals surface area contributed by atoms with Crippen LogP contribution in [0.2, 0.25) is 0 Å². The van der Waals surface area contributed by atoms with E-state index in [1.54, 1.807) is 29.2 Å². The summed E-state index contributed by atoms with van der Waals surface area (Å²) >= 11 is 4.07. The van der Waals surface area contributed by atoms with Crippen LogP contribution >= 0.6 is 12.6 Å². The highest BCUT2D eigenvalue weighted by Gasteiger charge is 2.26. The van der Waals surface area contributed by atoms with E-state index >= 15 is 0 Å². The van der Waals surface area contributed by atoms with Gasteiger partial charge in [0.2, 0.25) is 17.7 Å². The molecule has 0 radical (unpaired) electrons. The summed E-state index contributed by atoms with van der Waals surface area (Å²) in [5, 5.41) is 16.8. The van der Waals surface area contributed by atoms with Gasteiger partial charge in [-0.25, -0.2) is 9.59 Å². The highest BCUT2D eigenvalue weighted by molar-refractivity contribution is 7.80. The normalized spacial score (nSPS) is 14.7. The molecule has 1 aliphatic heterocycles. The summed E-state index contributed by atoms with van der Waals surface area (Å²) in [4.78, 5) is 61.6. The van der Waals surface area contributed by atoms with Gasteiger partial charge in [0.1, 0.15) is 17.8 Å². The molecule has 1 aromatic rings. The van der Waals surface area contributed by atoms with Crippen molar-refractivity contribution in [3.8, 4) is 5.75 Å². The van der Waals surface area contributed by atoms with E-state index in [4.69, 9.17) is 15.2 Å². The number of amides is 4. The second kappa shape index (κ2) is 20.4. The van der Waals surface area contributed by atoms with Crippen LogP contribution < -0.4 is 26.4 Å². The highest BCUT2D eigenvalue weighted by atomic mass is 32.1. The van der Waals surface area contributed by atoms with Gasteiger partial charge in [0.15, 0.2) is 0 Å². The summed E-state index contributed by atoms with van der Waals surface area (Å²) in [6.45, 7) is 3.95. The van der Waals surface area contributed by atoms with Crippen LogP contribution in [0.15, 0.2) is 24.3 Å². The van der Waals surface area contributed by atoms with Crippen molar-refractivity contribution in [2.45, 2.75) is 70.4 Å². The molecule has 2 atom stereocenters. The molecule has 0 spiro atoms. The van der Waals surface area contributed by atoms with Gasteiger partial charge in [0, 0.05) is 25.3 Å². The quantitative estimate of drug-likeness (QED) is 0.0964. The van der Waals surface area contributed by atoms with E-state index in [0.29, 0.717) is 30.4 Å². The number of likely N-dealkylation sites (tertiary alicyclic amines) is 1. The molecule has 6 N–H and O–H groups in total. The molecule has 2 rings (SSSR count). The maximum Gasteiger partial charge on any atom is 0.409 e. The Morgan fingerprint density at radius 1 is 1.00 bits per heavy atom. The number of nitrogens with zero attached hydrogens (tertiary/aromatic N) is 1. The first-order valence-electron chi connectivity index (χ1n) is 15.2. The predicted octanol–water partition coefficient (Wildman–Crippen LogP) is 1.49. The number of rotatable bonds is 19. The van der Waals surface area contributed by atoms with Crippen molar-refractivity contribution < 1.29 is 38.6 Å². The lowest BCUT2D eigenvalue weighted by Crippen LogP contribution is -2.54. The number of carbonyl (C=O) groups is 5. The number of carboxylic acids is 1. The van der Waals surface area contributed by atoms with E-state index in [-0.39, 0.29) is 31.4 Å². The largest absolute Gasteiger partial charge is 0.494 e. The highest BCUT2D eigenvalue weighted by Crippen LogP contribution is 2.23. The summed E-state index contributed by atoms with van der Waals surface area (Å²) in [7, 11) is 0. The topological polar surface area (TPSA) is 189 Å². The second-order valence-electron chi connectivity index (χ2n) is 10.8. The van der Waals surface area contributed by atoms with Crippen LogP contribution in [0.1, 0.15) is 57.4 Å². The minimum absolute atomic E-state index is 0.0242. The van der Waals surface area contributed by atoms with Gasteiger partial charge in [-0.05, 0) is 55.7 Å². The molecule has 0 unspecified atom stereocenters. The molecule has 13 nitrogen and oxygen atoms in total. The van der Waals surface area contributed by atoms with Crippen LogP contribution in [0.25, 0.3) is 0 Å². The maximum atomic E-state index is 12.6. The minimum atomic E-state index is -1.23. The summed E-state index contributed by atoms with van der Waals surface area (Å²) in [6.07, 6.45) is 6.71. The molecule has 1 fully saturated rings. The van der Waals surface area contributed by atoms with E-state index in [1.165, 1.54) is 0 Å². The first kappa shape index (κ1) is 36.7. The van der Waals surface area contributed by atoms with Crippen LogP contribution in [0.4, 0.5) is 4.79 Å². The summed E-state index contributed by atoms with van der Waals surface area (Å²) in [6, 6.07) is 4.69. The third kappa shape index (κ3) is 13.8. The van der Waals surface area contributed by atoms with Crippen molar-refractivity contribution in [2.75, 3.05) is 45.1 Å². The molecule has 0 saturated carbocycles. The zero-order valence-electron chi connectivity index (χ0n) is 25.4. The molecule has 246 valence electrons. The van der Waals surface area contributed by atoms with Gasteiger partial charge in [-0.1, -0.05) is 31.9 Å². The average molecular weight is 638 g/mol. The Morgan fingerprint density at radius 3 is 2.32 bits per heavy atom. The molecule has 44 heavy (non-hydrogen) atoms. The number of piperidine rings is 1. The zero-order valence-corrected chi connectivity index (χ0v) is 26.3. The van der Waals surface area contributed by atoms with Crippen LogP contribution in [-0.2, 0) is 30.3 Å². The molecule has 0 aliphatic carbocycles. The van der Waals surface area contributed by atoms with Gasteiger partial charge < -0.3 is 41.2 Å². The monoisotopic (exact) mass is 637 g/mol. The predicted molar refractivity (Wildman–Crippen MR) is 167 cm³/mol. The van der Waals surface area contributed by atoms with E-state index in [2.05, 4.69) is 35.5 Å². The van der Waals surface area contributed by atoms with Gasteiger partial charge in [-0.15, -0.1) is 0 Å². The molecule has 0 aromatic heterocycles. The van der Waals surface area contributed by atoms with E-state index in [0.717, 1.165) is 58.0 Å². The van der Waals surface area contributed by atoms with Crippen LogP contribution in [0, 0.1) is 5.92 Å². The van der Waals surface area contributed by atoms with Crippen molar-refractivity contribution in [1.29, 1.82) is 0 Å². The Balaban J connectivity index is 1.70. The number of carboxylic acid groups (broad SMARTS) is 1. The minimum Gasteiger partial charge on any atom is -0.494 e. The fourth-order valence-corrected chi connectivity index (χ4v) is 4.90. The maximum absolute atomic E-state index is 12.6. The molecule has 0 bridgehead atoms. The third-order valence-corrected chi connectivity index (χ3v) is 7.68. The van der Waals surface area contributed by atoms with Crippen LogP contribution in [0.3, 0.4) is 0 Å². The number of hydrogen-bond acceptors (Lipinski definition) is 9. The van der Waals surface area contributed by atoms with E-state index < -0.39 is 35.8 Å². The number of nitrogens with two attached hydrogens (primary N) is 1. The number of thiol groups is 1. The van der Waals surface area contributed by atoms with Crippen molar-refractivity contribution in [3.63, 3.8) is 0 Å². The van der Waals surface area contributed by atoms with Crippen LogP contribution in [-0.4, -0.2) is 97.0 Å². The lowest BCUT2D eigenvalue weighted by Gasteiger charge is -2.31. The summed E-state index contributed by atoms with van der Waals surface area (Å²) < 4.78 is 11.2. The van der Waals surface area contributed by atoms with Gasteiger partial charge >= 0.3 is 12.1 Å². The lowest BCUT2D eigenvalue weighted by atomic mass is 9.92. The standard InChI is InChI=1S/C30H47N5O8S/c1-2-3-15-43-30(41)35-13-11-21(12-14-35)6-4-5-16-42-23-9-7-22(8-10-23)17-24(29(39)40)34-28(38)25(20-44)33-27(37)19-32-26(36)18-31/h7-10,21,24-25,44H,2-6,11-20,31H2,1H3,(H,32,36)(H,33,37)(H,34,38)(H,39,40)/t24-,25-/m0/s1. The molecule has 1 aromatic carbocycles. The SMILES string of the molecule is CCCCOC(=O)N1CCC(CCCCOc2ccc(C[C@H](NC(=O)[C@H](CS)NC(=O)CNC(=O)CN)C(=O)O)cc2)CC1. The molecular formula is C30H47N5O8S. The summed E-state index contributed by atoms with van der Waals surface area (Å²) in [5.74, 6) is -1.90. The van der Waals surface area contributed by atoms with Crippen LogP contribution in [0.5, 0.6) is 5.75 Å². The Labute approximate surface area is 264 Å². The molecule has 1 aliphatic rings. The number of carbonyl (C=O) groups excluding carboxylic acids is 4. The van der Waals surface area contributed by atoms with Crippen molar-refractivity contribution >= 4 is 42.4 Å². The number of hydrogen-bond donors (Lipinski definition) is 6. The number of benzene rings is 1. The molecular weight excluding hydrogens is 590 g/mol. The molecule has 14 heteroatoms. The third-order valence-electron chi connectivity index (χ3n) is 7.32. The fourth-order valence-electron chi connectivity index (χ4n) is 4.64. The number of unbranched alkanes of at least 4 members (excludes halogenated alkanes) is 2. The Kier molecular flexibility index (Phi) is 17.0. The van der Waals surface area contributed by atoms with Gasteiger partial charge in [-0.3, -0.25) is 14.4 Å². The average Bonchev–Trinajstić information content (AvgIpc) is 3.02. The lowest BCUT2D eigenvalue weighted by molar-refractivity contribution is -0.142. The fraction of sp³-hybridized carbons (Fsp3) is 0.633. The molecule has 4 amide bonds. The van der Waals surface area contributed by atoms with Gasteiger partial charge in [0.05, 0.1) is 26.3 Å². The van der Waals surface area contributed by atoms with Gasteiger partial charge in [0.25, 0.3) is 0 Å². The second-order valence-corrected chi connectivity index (χ2v) is 11.1. The van der Waals surface area contributed by atoms with Gasteiger partial charge in [-0.2, -0.15) is 12.6 Å². The van der Waals surface area contributed by atoms with Crippen molar-refractivity contribution in [2.24, 2.45) is 11.7 Å². The van der Waals surface area contributed by atoms with Crippen molar-refractivity contribution in [3.05, 3.63) is 29.8 Å².